The molecule has 0 radical (unpaired) electrons. The van der Waals surface area contributed by atoms with Crippen molar-refractivity contribution < 1.29 is 9.66 Å². The van der Waals surface area contributed by atoms with Crippen molar-refractivity contribution in [2.45, 2.75) is 13.5 Å². The molecule has 0 spiro atoms. The van der Waals surface area contributed by atoms with Gasteiger partial charge < -0.3 is 10.1 Å². The SMILES string of the molecule is COc1ccc(CNc2c(C)n(C)n(-c3ccccc3)c2=O)cc1[N+](=O)[O-]. The van der Waals surface area contributed by atoms with Crippen LogP contribution in [-0.4, -0.2) is 21.4 Å². The van der Waals surface area contributed by atoms with Gasteiger partial charge in [0.05, 0.1) is 23.4 Å². The minimum absolute atomic E-state index is 0.108. The molecule has 0 amide bonds. The summed E-state index contributed by atoms with van der Waals surface area (Å²) in [5.74, 6) is 0.200. The highest BCUT2D eigenvalue weighted by atomic mass is 16.6. The van der Waals surface area contributed by atoms with Crippen molar-refractivity contribution in [3.8, 4) is 11.4 Å². The van der Waals surface area contributed by atoms with Crippen LogP contribution < -0.4 is 15.6 Å². The monoisotopic (exact) mass is 368 g/mol. The number of nitrogens with zero attached hydrogens (tertiary/aromatic N) is 3. The maximum absolute atomic E-state index is 12.9. The third-order valence-corrected chi connectivity index (χ3v) is 4.46. The van der Waals surface area contributed by atoms with Crippen molar-refractivity contribution in [1.82, 2.24) is 9.36 Å². The molecular formula is C19H20N4O4. The van der Waals surface area contributed by atoms with Gasteiger partial charge in [0.15, 0.2) is 5.75 Å². The molecule has 0 saturated carbocycles. The molecule has 0 bridgehead atoms. The first-order valence-corrected chi connectivity index (χ1v) is 8.33. The number of hydrogen-bond acceptors (Lipinski definition) is 5. The zero-order valence-corrected chi connectivity index (χ0v) is 15.3. The molecular weight excluding hydrogens is 348 g/mol. The molecule has 0 unspecified atom stereocenters. The fourth-order valence-corrected chi connectivity index (χ4v) is 2.95. The molecule has 3 aromatic rings. The fraction of sp³-hybridized carbons (Fsp3) is 0.211. The molecule has 27 heavy (non-hydrogen) atoms. The van der Waals surface area contributed by atoms with E-state index in [-0.39, 0.29) is 23.5 Å². The average molecular weight is 368 g/mol. The number of anilines is 1. The van der Waals surface area contributed by atoms with Crippen LogP contribution in [0.5, 0.6) is 5.75 Å². The largest absolute Gasteiger partial charge is 0.490 e. The fourth-order valence-electron chi connectivity index (χ4n) is 2.95. The van der Waals surface area contributed by atoms with Crippen molar-refractivity contribution in [1.29, 1.82) is 0 Å². The summed E-state index contributed by atoms with van der Waals surface area (Å²) in [5.41, 5.74) is 2.39. The highest BCUT2D eigenvalue weighted by Gasteiger charge is 2.18. The molecule has 0 aliphatic heterocycles. The Morgan fingerprint density at radius 3 is 2.52 bits per heavy atom. The van der Waals surface area contributed by atoms with Gasteiger partial charge in [-0.25, -0.2) is 4.68 Å². The first kappa shape index (κ1) is 18.2. The summed E-state index contributed by atoms with van der Waals surface area (Å²) >= 11 is 0. The van der Waals surface area contributed by atoms with E-state index in [2.05, 4.69) is 5.32 Å². The summed E-state index contributed by atoms with van der Waals surface area (Å²) < 4.78 is 8.36. The van der Waals surface area contributed by atoms with E-state index in [1.165, 1.54) is 13.2 Å². The van der Waals surface area contributed by atoms with Crippen LogP contribution in [0.4, 0.5) is 11.4 Å². The molecule has 0 aliphatic rings. The van der Waals surface area contributed by atoms with Gasteiger partial charge in [0, 0.05) is 19.7 Å². The molecule has 140 valence electrons. The number of methoxy groups -OCH3 is 1. The normalized spacial score (nSPS) is 10.6. The molecule has 1 heterocycles. The summed E-state index contributed by atoms with van der Waals surface area (Å²) in [6, 6.07) is 14.1. The number of nitro benzene ring substituents is 1. The molecule has 0 saturated heterocycles. The van der Waals surface area contributed by atoms with E-state index in [1.54, 1.807) is 21.5 Å². The van der Waals surface area contributed by atoms with E-state index in [0.717, 1.165) is 11.4 Å². The summed E-state index contributed by atoms with van der Waals surface area (Å²) in [5, 5.41) is 14.3. The molecule has 0 aliphatic carbocycles. The Morgan fingerprint density at radius 1 is 1.19 bits per heavy atom. The Kier molecular flexibility index (Phi) is 4.98. The van der Waals surface area contributed by atoms with Crippen molar-refractivity contribution >= 4 is 11.4 Å². The second kappa shape index (κ2) is 7.36. The molecule has 8 nitrogen and oxygen atoms in total. The Hall–Kier alpha value is -3.55. The third-order valence-electron chi connectivity index (χ3n) is 4.46. The van der Waals surface area contributed by atoms with Crippen LogP contribution in [-0.2, 0) is 13.6 Å². The van der Waals surface area contributed by atoms with Crippen LogP contribution in [0.25, 0.3) is 5.69 Å². The quantitative estimate of drug-likeness (QED) is 0.533. The standard InChI is InChI=1S/C19H20N4O4/c1-13-18(19(24)22(21(13)2)15-7-5-4-6-8-15)20-12-14-9-10-17(27-3)16(11-14)23(25)26/h4-11,20H,12H2,1-3H3. The maximum Gasteiger partial charge on any atom is 0.311 e. The van der Waals surface area contributed by atoms with Gasteiger partial charge in [-0.05, 0) is 30.7 Å². The van der Waals surface area contributed by atoms with Crippen LogP contribution in [0.3, 0.4) is 0 Å². The van der Waals surface area contributed by atoms with Gasteiger partial charge in [-0.1, -0.05) is 24.3 Å². The lowest BCUT2D eigenvalue weighted by atomic mass is 10.2. The van der Waals surface area contributed by atoms with E-state index in [9.17, 15) is 14.9 Å². The Labute approximate surface area is 155 Å². The van der Waals surface area contributed by atoms with Crippen LogP contribution in [0, 0.1) is 17.0 Å². The molecule has 0 fully saturated rings. The van der Waals surface area contributed by atoms with Crippen LogP contribution in [0.15, 0.2) is 53.3 Å². The highest BCUT2D eigenvalue weighted by molar-refractivity contribution is 5.52. The van der Waals surface area contributed by atoms with Gasteiger partial charge in [0.25, 0.3) is 5.56 Å². The smallest absolute Gasteiger partial charge is 0.311 e. The Bertz CT molecular complexity index is 1040. The second-order valence-corrected chi connectivity index (χ2v) is 6.05. The second-order valence-electron chi connectivity index (χ2n) is 6.05. The Balaban J connectivity index is 1.91. The average Bonchev–Trinajstić information content (AvgIpc) is 2.89. The first-order chi connectivity index (χ1) is 12.9. The highest BCUT2D eigenvalue weighted by Crippen LogP contribution is 2.27. The van der Waals surface area contributed by atoms with Gasteiger partial charge in [-0.2, -0.15) is 0 Å². The number of aromatic nitrogens is 2. The number of ether oxygens (including phenoxy) is 1. The Morgan fingerprint density at radius 2 is 1.89 bits per heavy atom. The third kappa shape index (κ3) is 3.41. The van der Waals surface area contributed by atoms with Crippen LogP contribution >= 0.6 is 0 Å². The van der Waals surface area contributed by atoms with Crippen molar-refractivity contribution in [3.05, 3.63) is 80.3 Å². The number of rotatable bonds is 6. The summed E-state index contributed by atoms with van der Waals surface area (Å²) in [6.07, 6.45) is 0. The van der Waals surface area contributed by atoms with Gasteiger partial charge >= 0.3 is 5.69 Å². The zero-order valence-electron chi connectivity index (χ0n) is 15.3. The number of benzene rings is 2. The van der Waals surface area contributed by atoms with E-state index in [4.69, 9.17) is 4.74 Å². The van der Waals surface area contributed by atoms with E-state index in [0.29, 0.717) is 11.3 Å². The lowest BCUT2D eigenvalue weighted by molar-refractivity contribution is -0.385. The number of nitro groups is 1. The van der Waals surface area contributed by atoms with Crippen LogP contribution in [0.2, 0.25) is 0 Å². The lowest BCUT2D eigenvalue weighted by Crippen LogP contribution is -2.21. The lowest BCUT2D eigenvalue weighted by Gasteiger charge is -2.07. The van der Waals surface area contributed by atoms with Crippen molar-refractivity contribution in [3.63, 3.8) is 0 Å². The number of hydrogen-bond donors (Lipinski definition) is 1. The maximum atomic E-state index is 12.9. The summed E-state index contributed by atoms with van der Waals surface area (Å²) in [7, 11) is 3.20. The van der Waals surface area contributed by atoms with Gasteiger partial charge in [0.2, 0.25) is 0 Å². The molecule has 1 N–H and O–H groups in total. The molecule has 0 atom stereocenters. The number of nitrogens with one attached hydrogen (secondary N) is 1. The first-order valence-electron chi connectivity index (χ1n) is 8.33. The van der Waals surface area contributed by atoms with Gasteiger partial charge in [-0.3, -0.25) is 19.6 Å². The minimum Gasteiger partial charge on any atom is -0.490 e. The van der Waals surface area contributed by atoms with E-state index in [1.807, 2.05) is 44.3 Å². The minimum atomic E-state index is -0.488. The van der Waals surface area contributed by atoms with Crippen LogP contribution in [0.1, 0.15) is 11.3 Å². The molecule has 3 rings (SSSR count). The summed E-state index contributed by atoms with van der Waals surface area (Å²) in [6.45, 7) is 2.12. The molecule has 1 aromatic heterocycles. The van der Waals surface area contributed by atoms with E-state index >= 15 is 0 Å². The topological polar surface area (TPSA) is 91.3 Å². The summed E-state index contributed by atoms with van der Waals surface area (Å²) in [4.78, 5) is 23.5. The van der Waals surface area contributed by atoms with Gasteiger partial charge in [-0.15, -0.1) is 0 Å². The molecule has 8 heteroatoms. The van der Waals surface area contributed by atoms with Gasteiger partial charge in [0.1, 0.15) is 5.69 Å². The van der Waals surface area contributed by atoms with Crippen molar-refractivity contribution in [2.24, 2.45) is 7.05 Å². The zero-order chi connectivity index (χ0) is 19.6. The predicted octanol–water partition coefficient (Wildman–Crippen LogP) is 3.01. The van der Waals surface area contributed by atoms with Crippen molar-refractivity contribution in [2.75, 3.05) is 12.4 Å². The van der Waals surface area contributed by atoms with E-state index < -0.39 is 4.92 Å². The molecule has 2 aromatic carbocycles. The number of para-hydroxylation sites is 1. The predicted molar refractivity (Wildman–Crippen MR) is 103 cm³/mol.